The molecule has 3 aromatic rings. The summed E-state index contributed by atoms with van der Waals surface area (Å²) in [6.45, 7) is 2.07. The molecular weight excluding hydrogens is 288 g/mol. The Bertz CT molecular complexity index is 658. The Hall–Kier alpha value is -2.52. The molecule has 0 fully saturated rings. The van der Waals surface area contributed by atoms with E-state index >= 15 is 0 Å². The molecule has 110 valence electrons. The summed E-state index contributed by atoms with van der Waals surface area (Å²) in [5, 5.41) is 1.10. The van der Waals surface area contributed by atoms with Gasteiger partial charge in [0.25, 0.3) is 0 Å². The zero-order valence-electron chi connectivity index (χ0n) is 12.5. The normalized spacial score (nSPS) is 11.0. The average molecular weight is 306 g/mol. The standard InChI is InChI=1S/C19H18O2Si/c1-22(19-15-9-4-10-16-19,20-17-11-5-2-6-12-17)21-18-13-7-3-8-14-18/h2-16H,1H3. The van der Waals surface area contributed by atoms with Crippen molar-refractivity contribution in [3.05, 3.63) is 91.0 Å². The molecule has 0 spiro atoms. The van der Waals surface area contributed by atoms with Crippen LogP contribution in [0.25, 0.3) is 0 Å². The van der Waals surface area contributed by atoms with E-state index in [1.807, 2.05) is 78.9 Å². The summed E-state index contributed by atoms with van der Waals surface area (Å²) in [4.78, 5) is 0. The third-order valence-corrected chi connectivity index (χ3v) is 6.04. The van der Waals surface area contributed by atoms with Gasteiger partial charge in [-0.25, -0.2) is 0 Å². The smallest absolute Gasteiger partial charge is 0.492 e. The van der Waals surface area contributed by atoms with Crippen LogP contribution in [0.2, 0.25) is 6.55 Å². The highest BCUT2D eigenvalue weighted by atomic mass is 28.4. The van der Waals surface area contributed by atoms with Crippen LogP contribution >= 0.6 is 0 Å². The molecular formula is C19H18O2Si. The van der Waals surface area contributed by atoms with Crippen molar-refractivity contribution in [1.29, 1.82) is 0 Å². The lowest BCUT2D eigenvalue weighted by molar-refractivity contribution is 0.408. The maximum atomic E-state index is 6.31. The molecule has 0 atom stereocenters. The van der Waals surface area contributed by atoms with Crippen molar-refractivity contribution in [2.45, 2.75) is 6.55 Å². The second kappa shape index (κ2) is 6.50. The first-order chi connectivity index (χ1) is 10.8. The van der Waals surface area contributed by atoms with Crippen LogP contribution in [0.1, 0.15) is 0 Å². The lowest BCUT2D eigenvalue weighted by Gasteiger charge is -2.28. The van der Waals surface area contributed by atoms with Gasteiger partial charge in [-0.2, -0.15) is 0 Å². The zero-order chi connectivity index (χ0) is 15.3. The quantitative estimate of drug-likeness (QED) is 0.660. The van der Waals surface area contributed by atoms with Crippen LogP contribution in [0.15, 0.2) is 91.0 Å². The molecule has 0 amide bonds. The Kier molecular flexibility index (Phi) is 4.26. The van der Waals surface area contributed by atoms with Crippen LogP contribution in [0, 0.1) is 0 Å². The monoisotopic (exact) mass is 306 g/mol. The van der Waals surface area contributed by atoms with E-state index in [9.17, 15) is 0 Å². The molecule has 0 unspecified atom stereocenters. The molecule has 3 aromatic carbocycles. The molecule has 3 heteroatoms. The summed E-state index contributed by atoms with van der Waals surface area (Å²) in [6, 6.07) is 29.9. The van der Waals surface area contributed by atoms with Crippen molar-refractivity contribution >= 4 is 13.7 Å². The summed E-state index contributed by atoms with van der Waals surface area (Å²) in [5.41, 5.74) is 0. The Labute approximate surface area is 132 Å². The molecule has 0 aliphatic heterocycles. The molecule has 22 heavy (non-hydrogen) atoms. The second-order valence-corrected chi connectivity index (χ2v) is 8.02. The molecule has 2 nitrogen and oxygen atoms in total. The van der Waals surface area contributed by atoms with E-state index in [0.717, 1.165) is 16.7 Å². The lowest BCUT2D eigenvalue weighted by Crippen LogP contribution is -2.56. The highest BCUT2D eigenvalue weighted by Crippen LogP contribution is 2.20. The fourth-order valence-electron chi connectivity index (χ4n) is 2.31. The van der Waals surface area contributed by atoms with Crippen molar-refractivity contribution in [2.75, 3.05) is 0 Å². The van der Waals surface area contributed by atoms with E-state index in [1.54, 1.807) is 0 Å². The highest BCUT2D eigenvalue weighted by molar-refractivity contribution is 6.81. The predicted octanol–water partition coefficient (Wildman–Crippen LogP) is 4.12. The molecule has 0 saturated heterocycles. The van der Waals surface area contributed by atoms with Gasteiger partial charge in [0.2, 0.25) is 0 Å². The maximum absolute atomic E-state index is 6.31. The SMILES string of the molecule is C[Si](Oc1ccccc1)(Oc1ccccc1)c1ccccc1. The molecule has 0 aliphatic carbocycles. The minimum atomic E-state index is -2.61. The van der Waals surface area contributed by atoms with E-state index < -0.39 is 8.56 Å². The fraction of sp³-hybridized carbons (Fsp3) is 0.0526. The number of hydrogen-bond donors (Lipinski definition) is 0. The molecule has 0 aliphatic rings. The molecule has 0 saturated carbocycles. The van der Waals surface area contributed by atoms with E-state index in [2.05, 4.69) is 18.7 Å². The first-order valence-corrected chi connectivity index (χ1v) is 9.62. The van der Waals surface area contributed by atoms with Crippen molar-refractivity contribution in [3.63, 3.8) is 0 Å². The minimum absolute atomic E-state index is 0.830. The second-order valence-electron chi connectivity index (χ2n) is 5.14. The van der Waals surface area contributed by atoms with Crippen molar-refractivity contribution in [2.24, 2.45) is 0 Å². The average Bonchev–Trinajstić information content (AvgIpc) is 2.57. The van der Waals surface area contributed by atoms with Gasteiger partial charge in [-0.3, -0.25) is 0 Å². The molecule has 0 N–H and O–H groups in total. The number of para-hydroxylation sites is 2. The van der Waals surface area contributed by atoms with Gasteiger partial charge in [0, 0.05) is 11.7 Å². The van der Waals surface area contributed by atoms with Crippen LogP contribution in [0.4, 0.5) is 0 Å². The van der Waals surface area contributed by atoms with Gasteiger partial charge < -0.3 is 8.85 Å². The van der Waals surface area contributed by atoms with Crippen molar-refractivity contribution < 1.29 is 8.85 Å². The van der Waals surface area contributed by atoms with E-state index in [0.29, 0.717) is 0 Å². The van der Waals surface area contributed by atoms with E-state index in [4.69, 9.17) is 8.85 Å². The Morgan fingerprint density at radius 3 is 1.32 bits per heavy atom. The predicted molar refractivity (Wildman–Crippen MR) is 91.8 cm³/mol. The zero-order valence-corrected chi connectivity index (χ0v) is 13.5. The Morgan fingerprint density at radius 1 is 0.545 bits per heavy atom. The summed E-state index contributed by atoms with van der Waals surface area (Å²) in [7, 11) is -2.61. The minimum Gasteiger partial charge on any atom is -0.509 e. The van der Waals surface area contributed by atoms with E-state index in [-0.39, 0.29) is 0 Å². The first kappa shape index (κ1) is 14.4. The van der Waals surface area contributed by atoms with Crippen LogP contribution in [0.5, 0.6) is 11.5 Å². The molecule has 0 heterocycles. The van der Waals surface area contributed by atoms with Gasteiger partial charge >= 0.3 is 8.56 Å². The van der Waals surface area contributed by atoms with Gasteiger partial charge in [0.1, 0.15) is 11.5 Å². The van der Waals surface area contributed by atoms with Crippen molar-refractivity contribution in [1.82, 2.24) is 0 Å². The number of hydrogen-bond acceptors (Lipinski definition) is 2. The van der Waals surface area contributed by atoms with Crippen LogP contribution < -0.4 is 14.0 Å². The largest absolute Gasteiger partial charge is 0.509 e. The maximum Gasteiger partial charge on any atom is 0.492 e. The molecule has 3 rings (SSSR count). The molecule has 0 aromatic heterocycles. The van der Waals surface area contributed by atoms with E-state index in [1.165, 1.54) is 0 Å². The Morgan fingerprint density at radius 2 is 0.909 bits per heavy atom. The van der Waals surface area contributed by atoms with Crippen molar-refractivity contribution in [3.8, 4) is 11.5 Å². The summed E-state index contributed by atoms with van der Waals surface area (Å²) in [5.74, 6) is 1.66. The van der Waals surface area contributed by atoms with Gasteiger partial charge in [-0.15, -0.1) is 0 Å². The van der Waals surface area contributed by atoms with Crippen LogP contribution in [-0.2, 0) is 0 Å². The molecule has 0 bridgehead atoms. The summed E-state index contributed by atoms with van der Waals surface area (Å²) < 4.78 is 12.6. The third-order valence-electron chi connectivity index (χ3n) is 3.41. The highest BCUT2D eigenvalue weighted by Gasteiger charge is 2.38. The lowest BCUT2D eigenvalue weighted by atomic mass is 10.3. The van der Waals surface area contributed by atoms with Gasteiger partial charge in [-0.1, -0.05) is 66.7 Å². The summed E-state index contributed by atoms with van der Waals surface area (Å²) in [6.07, 6.45) is 0. The van der Waals surface area contributed by atoms with Gasteiger partial charge in [0.05, 0.1) is 0 Å². The number of benzene rings is 3. The third kappa shape index (κ3) is 3.38. The van der Waals surface area contributed by atoms with Crippen LogP contribution in [-0.4, -0.2) is 8.56 Å². The Balaban J connectivity index is 1.95. The fourth-order valence-corrected chi connectivity index (χ4v) is 4.55. The van der Waals surface area contributed by atoms with Crippen LogP contribution in [0.3, 0.4) is 0 Å². The molecule has 0 radical (unpaired) electrons. The summed E-state index contributed by atoms with van der Waals surface area (Å²) >= 11 is 0. The van der Waals surface area contributed by atoms with Gasteiger partial charge in [0.15, 0.2) is 0 Å². The first-order valence-electron chi connectivity index (χ1n) is 7.30. The van der Waals surface area contributed by atoms with Gasteiger partial charge in [-0.05, 0) is 24.3 Å². The number of rotatable bonds is 5. The topological polar surface area (TPSA) is 18.5 Å².